The zero-order valence-electron chi connectivity index (χ0n) is 13.8. The molecule has 1 aliphatic heterocycles. The maximum Gasteiger partial charge on any atom is 0.0639 e. The fourth-order valence-electron chi connectivity index (χ4n) is 2.86. The maximum atomic E-state index is 9.52. The normalized spacial score (nSPS) is 22.4. The predicted octanol–water partition coefficient (Wildman–Crippen LogP) is -0.952. The first-order valence-corrected chi connectivity index (χ1v) is 8.08. The third-order valence-electron chi connectivity index (χ3n) is 3.76. The van der Waals surface area contributed by atoms with E-state index < -0.39 is 0 Å². The van der Waals surface area contributed by atoms with Gasteiger partial charge in [-0.25, -0.2) is 0 Å². The summed E-state index contributed by atoms with van der Waals surface area (Å²) < 4.78 is 0. The highest BCUT2D eigenvalue weighted by atomic mass is 16.3. The van der Waals surface area contributed by atoms with Crippen LogP contribution in [-0.4, -0.2) is 107 Å². The Kier molecular flexibility index (Phi) is 8.70. The molecule has 0 aromatic rings. The van der Waals surface area contributed by atoms with E-state index in [0.29, 0.717) is 13.1 Å². The van der Waals surface area contributed by atoms with Gasteiger partial charge in [-0.1, -0.05) is 0 Å². The molecule has 0 aromatic carbocycles. The molecule has 1 saturated heterocycles. The second-order valence-electron chi connectivity index (χ2n) is 6.45. The molecule has 0 bridgehead atoms. The molecule has 21 heavy (non-hydrogen) atoms. The first-order valence-electron chi connectivity index (χ1n) is 8.08. The van der Waals surface area contributed by atoms with Gasteiger partial charge in [-0.3, -0.25) is 14.7 Å². The Balaban J connectivity index is 2.26. The van der Waals surface area contributed by atoms with Crippen molar-refractivity contribution in [1.82, 2.24) is 14.7 Å². The van der Waals surface area contributed by atoms with Crippen molar-refractivity contribution in [2.75, 3.05) is 58.9 Å². The zero-order valence-corrected chi connectivity index (χ0v) is 13.8. The van der Waals surface area contributed by atoms with Gasteiger partial charge in [0.15, 0.2) is 0 Å². The van der Waals surface area contributed by atoms with E-state index in [9.17, 15) is 15.3 Å². The van der Waals surface area contributed by atoms with E-state index in [0.717, 1.165) is 45.8 Å². The van der Waals surface area contributed by atoms with Crippen LogP contribution in [0, 0.1) is 0 Å². The minimum atomic E-state index is -0.369. The average molecular weight is 303 g/mol. The van der Waals surface area contributed by atoms with Crippen molar-refractivity contribution < 1.29 is 15.3 Å². The monoisotopic (exact) mass is 303 g/mol. The van der Waals surface area contributed by atoms with E-state index in [1.54, 1.807) is 13.8 Å². The average Bonchev–Trinajstić information content (AvgIpc) is 2.35. The molecule has 1 rings (SSSR count). The van der Waals surface area contributed by atoms with E-state index >= 15 is 0 Å². The minimum absolute atomic E-state index is 0.260. The maximum absolute atomic E-state index is 9.52. The van der Waals surface area contributed by atoms with Crippen LogP contribution >= 0.6 is 0 Å². The summed E-state index contributed by atoms with van der Waals surface area (Å²) in [5.41, 5.74) is 0. The van der Waals surface area contributed by atoms with Crippen molar-refractivity contribution >= 4 is 0 Å². The quantitative estimate of drug-likeness (QED) is 0.510. The fraction of sp³-hybridized carbons (Fsp3) is 1.00. The van der Waals surface area contributed by atoms with Gasteiger partial charge in [-0.2, -0.15) is 0 Å². The molecule has 0 spiro atoms. The molecule has 0 aromatic heterocycles. The Bertz CT molecular complexity index is 257. The van der Waals surface area contributed by atoms with Gasteiger partial charge in [0.1, 0.15) is 0 Å². The zero-order chi connectivity index (χ0) is 15.8. The lowest BCUT2D eigenvalue weighted by Gasteiger charge is -2.36. The van der Waals surface area contributed by atoms with Gasteiger partial charge < -0.3 is 15.3 Å². The Morgan fingerprint density at radius 2 is 1.29 bits per heavy atom. The lowest BCUT2D eigenvalue weighted by Crippen LogP contribution is -2.50. The number of nitrogens with zero attached hydrogens (tertiary/aromatic N) is 3. The predicted molar refractivity (Wildman–Crippen MR) is 84.4 cm³/mol. The molecular weight excluding hydrogens is 270 g/mol. The molecular formula is C15H33N3O3. The Morgan fingerprint density at radius 3 is 1.71 bits per heavy atom. The van der Waals surface area contributed by atoms with Gasteiger partial charge in [0.2, 0.25) is 0 Å². The molecule has 0 radical (unpaired) electrons. The van der Waals surface area contributed by atoms with Crippen LogP contribution in [0.3, 0.4) is 0 Å². The van der Waals surface area contributed by atoms with Crippen LogP contribution < -0.4 is 0 Å². The minimum Gasteiger partial charge on any atom is -0.392 e. The molecule has 3 N–H and O–H groups in total. The van der Waals surface area contributed by atoms with Crippen molar-refractivity contribution in [1.29, 1.82) is 0 Å². The summed E-state index contributed by atoms with van der Waals surface area (Å²) in [6.45, 7) is 13.2. The number of β-amino-alcohol motifs (C(OH)–C–C–N with tert-alkyl or cyclic N) is 1. The summed E-state index contributed by atoms with van der Waals surface area (Å²) in [5, 5.41) is 28.5. The first kappa shape index (κ1) is 18.8. The van der Waals surface area contributed by atoms with Crippen LogP contribution in [0.2, 0.25) is 0 Å². The van der Waals surface area contributed by atoms with E-state index in [1.165, 1.54) is 0 Å². The number of aliphatic hydroxyl groups is 3. The summed E-state index contributed by atoms with van der Waals surface area (Å²) in [5.74, 6) is 0. The summed E-state index contributed by atoms with van der Waals surface area (Å²) in [4.78, 5) is 6.83. The van der Waals surface area contributed by atoms with Gasteiger partial charge in [-0.05, 0) is 20.8 Å². The highest BCUT2D eigenvalue weighted by Crippen LogP contribution is 2.04. The number of rotatable bonds is 9. The second kappa shape index (κ2) is 9.71. The molecule has 6 heteroatoms. The number of hydrogen-bond acceptors (Lipinski definition) is 6. The molecule has 0 saturated carbocycles. The first-order chi connectivity index (χ1) is 9.86. The van der Waals surface area contributed by atoms with Gasteiger partial charge in [0.05, 0.1) is 18.3 Å². The van der Waals surface area contributed by atoms with Crippen molar-refractivity contribution in [2.45, 2.75) is 39.1 Å². The van der Waals surface area contributed by atoms with Gasteiger partial charge in [-0.15, -0.1) is 0 Å². The third kappa shape index (κ3) is 8.70. The SMILES string of the molecule is C[C@@H](O)CN1CCN(CCN(C[C@@H](C)O)C[C@@H](C)O)CC1. The summed E-state index contributed by atoms with van der Waals surface area (Å²) in [7, 11) is 0. The molecule has 3 atom stereocenters. The van der Waals surface area contributed by atoms with Crippen LogP contribution in [0.1, 0.15) is 20.8 Å². The van der Waals surface area contributed by atoms with Crippen molar-refractivity contribution in [3.63, 3.8) is 0 Å². The van der Waals surface area contributed by atoms with Crippen molar-refractivity contribution in [3.8, 4) is 0 Å². The smallest absolute Gasteiger partial charge is 0.0639 e. The van der Waals surface area contributed by atoms with Gasteiger partial charge in [0, 0.05) is 58.9 Å². The number of aliphatic hydroxyl groups excluding tert-OH is 3. The van der Waals surface area contributed by atoms with Crippen molar-refractivity contribution in [2.24, 2.45) is 0 Å². The van der Waals surface area contributed by atoms with Crippen molar-refractivity contribution in [3.05, 3.63) is 0 Å². The topological polar surface area (TPSA) is 70.4 Å². The Labute approximate surface area is 129 Å². The fourth-order valence-corrected chi connectivity index (χ4v) is 2.86. The standard InChI is InChI=1S/C15H33N3O3/c1-13(19)10-17-7-4-16(5-8-17)6-9-18(11-14(2)20)12-15(3)21/h13-15,19-21H,4-12H2,1-3H3/t13-,14-,15-/m1/s1. The highest BCUT2D eigenvalue weighted by Gasteiger charge is 2.19. The Hall–Kier alpha value is -0.240. The Morgan fingerprint density at radius 1 is 0.810 bits per heavy atom. The molecule has 1 heterocycles. The molecule has 1 aliphatic rings. The molecule has 6 nitrogen and oxygen atoms in total. The number of hydrogen-bond donors (Lipinski definition) is 3. The summed E-state index contributed by atoms with van der Waals surface area (Å²) in [6.07, 6.45) is -0.998. The van der Waals surface area contributed by atoms with Gasteiger partial charge in [0.25, 0.3) is 0 Å². The van der Waals surface area contributed by atoms with Crippen LogP contribution in [-0.2, 0) is 0 Å². The summed E-state index contributed by atoms with van der Waals surface area (Å²) >= 11 is 0. The lowest BCUT2D eigenvalue weighted by atomic mass is 10.2. The summed E-state index contributed by atoms with van der Waals surface area (Å²) in [6, 6.07) is 0. The van der Waals surface area contributed by atoms with Crippen LogP contribution in [0.15, 0.2) is 0 Å². The van der Waals surface area contributed by atoms with E-state index in [-0.39, 0.29) is 18.3 Å². The van der Waals surface area contributed by atoms with E-state index in [4.69, 9.17) is 0 Å². The van der Waals surface area contributed by atoms with E-state index in [1.807, 2.05) is 6.92 Å². The second-order valence-corrected chi connectivity index (χ2v) is 6.45. The van der Waals surface area contributed by atoms with Crippen LogP contribution in [0.5, 0.6) is 0 Å². The van der Waals surface area contributed by atoms with Crippen LogP contribution in [0.4, 0.5) is 0 Å². The molecule has 0 amide bonds. The molecule has 1 fully saturated rings. The molecule has 0 unspecified atom stereocenters. The third-order valence-corrected chi connectivity index (χ3v) is 3.76. The molecule has 126 valence electrons. The van der Waals surface area contributed by atoms with Gasteiger partial charge >= 0.3 is 0 Å². The largest absolute Gasteiger partial charge is 0.392 e. The van der Waals surface area contributed by atoms with E-state index in [2.05, 4.69) is 14.7 Å². The highest BCUT2D eigenvalue weighted by molar-refractivity contribution is 4.75. The van der Waals surface area contributed by atoms with Crippen LogP contribution in [0.25, 0.3) is 0 Å². The molecule has 0 aliphatic carbocycles. The lowest BCUT2D eigenvalue weighted by molar-refractivity contribution is 0.0579. The number of piperazine rings is 1.